The molecule has 0 aromatic heterocycles. The third-order valence-corrected chi connectivity index (χ3v) is 3.24. The molecule has 3 N–H and O–H groups in total. The fourth-order valence-corrected chi connectivity index (χ4v) is 2.29. The SMILES string of the molecule is CCC1(c2cccc(Br)c2)N=C(N)NC1=O. The molecule has 1 atom stereocenters. The standard InChI is InChI=1S/C11H12BrN3O/c1-2-11(9(16)14-10(13)15-11)7-4-3-5-8(12)6-7/h3-6H,2H2,1H3,(H3,13,14,15,16). The second kappa shape index (κ2) is 3.90. The van der Waals surface area contributed by atoms with Crippen LogP contribution in [-0.4, -0.2) is 11.9 Å². The maximum Gasteiger partial charge on any atom is 0.259 e. The molecule has 5 heteroatoms. The molecule has 0 spiro atoms. The highest BCUT2D eigenvalue weighted by molar-refractivity contribution is 9.10. The van der Waals surface area contributed by atoms with Crippen LogP contribution in [0.1, 0.15) is 18.9 Å². The Morgan fingerprint density at radius 3 is 2.81 bits per heavy atom. The summed E-state index contributed by atoms with van der Waals surface area (Å²) < 4.78 is 0.922. The molecule has 4 nitrogen and oxygen atoms in total. The maximum absolute atomic E-state index is 11.9. The van der Waals surface area contributed by atoms with Crippen LogP contribution in [-0.2, 0) is 10.3 Å². The molecule has 0 saturated carbocycles. The summed E-state index contributed by atoms with van der Waals surface area (Å²) in [6.07, 6.45) is 0.579. The molecule has 1 aromatic carbocycles. The van der Waals surface area contributed by atoms with Gasteiger partial charge in [0.2, 0.25) is 0 Å². The van der Waals surface area contributed by atoms with Crippen LogP contribution >= 0.6 is 15.9 Å². The highest BCUT2D eigenvalue weighted by Gasteiger charge is 2.43. The van der Waals surface area contributed by atoms with Crippen molar-refractivity contribution >= 4 is 27.8 Å². The molecule has 0 aliphatic carbocycles. The van der Waals surface area contributed by atoms with E-state index >= 15 is 0 Å². The van der Waals surface area contributed by atoms with Gasteiger partial charge in [0, 0.05) is 4.47 Å². The minimum Gasteiger partial charge on any atom is -0.370 e. The largest absolute Gasteiger partial charge is 0.370 e. The molecule has 1 aliphatic heterocycles. The smallest absolute Gasteiger partial charge is 0.259 e. The molecule has 0 saturated heterocycles. The summed E-state index contributed by atoms with van der Waals surface area (Å²) >= 11 is 3.39. The Hall–Kier alpha value is -1.36. The average Bonchev–Trinajstić information content (AvgIpc) is 2.54. The molecule has 2 rings (SSSR count). The van der Waals surface area contributed by atoms with Crippen molar-refractivity contribution in [1.29, 1.82) is 0 Å². The molecule has 84 valence electrons. The Morgan fingerprint density at radius 2 is 2.31 bits per heavy atom. The quantitative estimate of drug-likeness (QED) is 0.863. The van der Waals surface area contributed by atoms with Crippen molar-refractivity contribution < 1.29 is 4.79 Å². The Balaban J connectivity index is 2.55. The van der Waals surface area contributed by atoms with Gasteiger partial charge < -0.3 is 5.73 Å². The second-order valence-electron chi connectivity index (χ2n) is 3.68. The number of benzene rings is 1. The topological polar surface area (TPSA) is 67.5 Å². The normalized spacial score (nSPS) is 24.1. The average molecular weight is 282 g/mol. The Kier molecular flexibility index (Phi) is 2.71. The molecule has 1 aromatic rings. The van der Waals surface area contributed by atoms with Gasteiger partial charge in [-0.2, -0.15) is 0 Å². The summed E-state index contributed by atoms with van der Waals surface area (Å²) in [5.41, 5.74) is 5.54. The Bertz CT molecular complexity index is 472. The number of rotatable bonds is 2. The first-order valence-electron chi connectivity index (χ1n) is 5.01. The van der Waals surface area contributed by atoms with Crippen LogP contribution in [0.4, 0.5) is 0 Å². The highest BCUT2D eigenvalue weighted by Crippen LogP contribution is 2.33. The van der Waals surface area contributed by atoms with Gasteiger partial charge in [-0.3, -0.25) is 10.1 Å². The van der Waals surface area contributed by atoms with E-state index in [2.05, 4.69) is 26.2 Å². The van der Waals surface area contributed by atoms with Crippen LogP contribution < -0.4 is 11.1 Å². The Morgan fingerprint density at radius 1 is 1.56 bits per heavy atom. The zero-order valence-electron chi connectivity index (χ0n) is 8.83. The molecule has 16 heavy (non-hydrogen) atoms. The van der Waals surface area contributed by atoms with Crippen LogP contribution in [0.15, 0.2) is 33.7 Å². The Labute approximate surface area is 102 Å². The van der Waals surface area contributed by atoms with Crippen molar-refractivity contribution in [3.05, 3.63) is 34.3 Å². The van der Waals surface area contributed by atoms with Crippen molar-refractivity contribution in [2.75, 3.05) is 0 Å². The summed E-state index contributed by atoms with van der Waals surface area (Å²) in [6.45, 7) is 1.92. The monoisotopic (exact) mass is 281 g/mol. The molecule has 1 aliphatic rings. The number of nitrogens with zero attached hydrogens (tertiary/aromatic N) is 1. The van der Waals surface area contributed by atoms with Gasteiger partial charge in [0.05, 0.1) is 0 Å². The van der Waals surface area contributed by atoms with Gasteiger partial charge in [-0.25, -0.2) is 4.99 Å². The van der Waals surface area contributed by atoms with E-state index in [4.69, 9.17) is 5.73 Å². The third-order valence-electron chi connectivity index (χ3n) is 2.74. The van der Waals surface area contributed by atoms with Gasteiger partial charge in [-0.05, 0) is 24.1 Å². The van der Waals surface area contributed by atoms with Crippen molar-refractivity contribution in [2.45, 2.75) is 18.9 Å². The molecule has 0 radical (unpaired) electrons. The third kappa shape index (κ3) is 1.61. The van der Waals surface area contributed by atoms with Gasteiger partial charge in [0.1, 0.15) is 0 Å². The summed E-state index contributed by atoms with van der Waals surface area (Å²) in [4.78, 5) is 16.2. The van der Waals surface area contributed by atoms with E-state index in [1.54, 1.807) is 0 Å². The number of amides is 1. The van der Waals surface area contributed by atoms with Crippen LogP contribution in [0, 0.1) is 0 Å². The minimum absolute atomic E-state index is 0.161. The molecule has 1 heterocycles. The van der Waals surface area contributed by atoms with E-state index in [0.717, 1.165) is 10.0 Å². The number of guanidine groups is 1. The van der Waals surface area contributed by atoms with E-state index < -0.39 is 5.54 Å². The molecule has 0 bridgehead atoms. The fourth-order valence-electron chi connectivity index (χ4n) is 1.89. The van der Waals surface area contributed by atoms with E-state index in [9.17, 15) is 4.79 Å². The van der Waals surface area contributed by atoms with Crippen molar-refractivity contribution in [1.82, 2.24) is 5.32 Å². The first-order valence-corrected chi connectivity index (χ1v) is 5.80. The molecular weight excluding hydrogens is 270 g/mol. The van der Waals surface area contributed by atoms with Gasteiger partial charge in [0.15, 0.2) is 11.5 Å². The lowest BCUT2D eigenvalue weighted by Gasteiger charge is -2.21. The van der Waals surface area contributed by atoms with Crippen molar-refractivity contribution in [2.24, 2.45) is 10.7 Å². The minimum atomic E-state index is -0.867. The first-order chi connectivity index (χ1) is 7.58. The second-order valence-corrected chi connectivity index (χ2v) is 4.59. The first kappa shape index (κ1) is 11.1. The lowest BCUT2D eigenvalue weighted by atomic mass is 9.88. The van der Waals surface area contributed by atoms with Crippen molar-refractivity contribution in [3.63, 3.8) is 0 Å². The molecule has 1 amide bonds. The van der Waals surface area contributed by atoms with Gasteiger partial charge in [-0.15, -0.1) is 0 Å². The summed E-state index contributed by atoms with van der Waals surface area (Å²) in [6, 6.07) is 7.57. The lowest BCUT2D eigenvalue weighted by Crippen LogP contribution is -2.38. The predicted molar refractivity (Wildman–Crippen MR) is 65.9 cm³/mol. The number of hydrogen-bond donors (Lipinski definition) is 2. The van der Waals surface area contributed by atoms with Crippen LogP contribution in [0.2, 0.25) is 0 Å². The molecule has 1 unspecified atom stereocenters. The summed E-state index contributed by atoms with van der Waals surface area (Å²) in [7, 11) is 0. The predicted octanol–water partition coefficient (Wildman–Crippen LogP) is 1.50. The summed E-state index contributed by atoms with van der Waals surface area (Å²) in [5, 5.41) is 2.55. The van der Waals surface area contributed by atoms with E-state index in [-0.39, 0.29) is 11.9 Å². The fraction of sp³-hybridized carbons (Fsp3) is 0.273. The number of halogens is 1. The number of nitrogens with one attached hydrogen (secondary N) is 1. The van der Waals surface area contributed by atoms with Gasteiger partial charge in [-0.1, -0.05) is 35.0 Å². The van der Waals surface area contributed by atoms with E-state index in [1.807, 2.05) is 31.2 Å². The lowest BCUT2D eigenvalue weighted by molar-refractivity contribution is -0.124. The van der Waals surface area contributed by atoms with Crippen LogP contribution in [0.25, 0.3) is 0 Å². The number of carbonyl (C=O) groups excluding carboxylic acids is 1. The van der Waals surface area contributed by atoms with Crippen LogP contribution in [0.3, 0.4) is 0 Å². The number of aliphatic imine (C=N–C) groups is 1. The van der Waals surface area contributed by atoms with Crippen molar-refractivity contribution in [3.8, 4) is 0 Å². The summed E-state index contributed by atoms with van der Waals surface area (Å²) in [5.74, 6) is 0.0254. The maximum atomic E-state index is 11.9. The zero-order valence-corrected chi connectivity index (χ0v) is 10.4. The molecular formula is C11H12BrN3O. The van der Waals surface area contributed by atoms with E-state index in [1.165, 1.54) is 0 Å². The zero-order chi connectivity index (χ0) is 11.8. The van der Waals surface area contributed by atoms with E-state index in [0.29, 0.717) is 6.42 Å². The highest BCUT2D eigenvalue weighted by atomic mass is 79.9. The van der Waals surface area contributed by atoms with Gasteiger partial charge in [0.25, 0.3) is 5.91 Å². The van der Waals surface area contributed by atoms with Gasteiger partial charge >= 0.3 is 0 Å². The van der Waals surface area contributed by atoms with Crippen LogP contribution in [0.5, 0.6) is 0 Å². The number of nitrogens with two attached hydrogens (primary N) is 1. The molecule has 0 fully saturated rings. The number of carbonyl (C=O) groups is 1. The number of hydrogen-bond acceptors (Lipinski definition) is 3.